The number of nitrogens with zero attached hydrogens (tertiary/aromatic N) is 1. The van der Waals surface area contributed by atoms with E-state index in [-0.39, 0.29) is 0 Å². The molecular formula is C14H21BrN2. The monoisotopic (exact) mass is 296 g/mol. The third kappa shape index (κ3) is 3.02. The summed E-state index contributed by atoms with van der Waals surface area (Å²) in [7, 11) is 0. The van der Waals surface area contributed by atoms with Gasteiger partial charge in [0, 0.05) is 29.8 Å². The lowest BCUT2D eigenvalue weighted by atomic mass is 9.91. The van der Waals surface area contributed by atoms with Gasteiger partial charge in [-0.15, -0.1) is 0 Å². The van der Waals surface area contributed by atoms with Crippen LogP contribution in [0.4, 0.5) is 5.69 Å². The summed E-state index contributed by atoms with van der Waals surface area (Å²) in [5.41, 5.74) is 8.17. The molecule has 0 amide bonds. The van der Waals surface area contributed by atoms with Crippen molar-refractivity contribution < 1.29 is 0 Å². The molecule has 2 rings (SSSR count). The van der Waals surface area contributed by atoms with Crippen molar-refractivity contribution in [3.8, 4) is 0 Å². The number of hydrogen-bond donors (Lipinski definition) is 1. The van der Waals surface area contributed by atoms with E-state index in [2.05, 4.69) is 52.9 Å². The van der Waals surface area contributed by atoms with Crippen LogP contribution in [0.3, 0.4) is 0 Å². The smallest absolute Gasteiger partial charge is 0.0377 e. The minimum absolute atomic E-state index is 0.591. The third-order valence-corrected chi connectivity index (χ3v) is 4.23. The van der Waals surface area contributed by atoms with Gasteiger partial charge in [0.2, 0.25) is 0 Å². The van der Waals surface area contributed by atoms with Crippen molar-refractivity contribution >= 4 is 21.6 Å². The third-order valence-electron chi connectivity index (χ3n) is 3.49. The molecule has 2 atom stereocenters. The first-order chi connectivity index (χ1) is 8.10. The molecule has 1 heterocycles. The number of halogens is 1. The van der Waals surface area contributed by atoms with Gasteiger partial charge >= 0.3 is 0 Å². The predicted octanol–water partition coefficient (Wildman–Crippen LogP) is 3.39. The van der Waals surface area contributed by atoms with Gasteiger partial charge in [0.05, 0.1) is 0 Å². The maximum atomic E-state index is 5.68. The van der Waals surface area contributed by atoms with Gasteiger partial charge in [-0.3, -0.25) is 0 Å². The van der Waals surface area contributed by atoms with Crippen molar-refractivity contribution in [2.45, 2.75) is 26.8 Å². The fraction of sp³-hybridized carbons (Fsp3) is 0.571. The normalized spacial score (nSPS) is 25.1. The molecule has 1 aliphatic heterocycles. The van der Waals surface area contributed by atoms with Gasteiger partial charge < -0.3 is 10.6 Å². The molecule has 0 aromatic heterocycles. The number of anilines is 1. The molecule has 17 heavy (non-hydrogen) atoms. The SMILES string of the molecule is CC1CC(C)CN(c2ccc(CN)c(Br)c2)C1. The highest BCUT2D eigenvalue weighted by atomic mass is 79.9. The lowest BCUT2D eigenvalue weighted by Crippen LogP contribution is -2.38. The summed E-state index contributed by atoms with van der Waals surface area (Å²) in [5, 5.41) is 0. The largest absolute Gasteiger partial charge is 0.371 e. The molecule has 0 saturated carbocycles. The summed E-state index contributed by atoms with van der Waals surface area (Å²) in [6.45, 7) is 7.60. The molecule has 1 aromatic rings. The van der Waals surface area contributed by atoms with Crippen molar-refractivity contribution in [1.82, 2.24) is 0 Å². The van der Waals surface area contributed by atoms with Crippen LogP contribution in [0.2, 0.25) is 0 Å². The van der Waals surface area contributed by atoms with Gasteiger partial charge in [-0.25, -0.2) is 0 Å². The second-order valence-electron chi connectivity index (χ2n) is 5.33. The Balaban J connectivity index is 2.19. The Bertz CT molecular complexity index is 382. The summed E-state index contributed by atoms with van der Waals surface area (Å²) in [6.07, 6.45) is 1.35. The molecule has 2 nitrogen and oxygen atoms in total. The van der Waals surface area contributed by atoms with Crippen LogP contribution in [-0.4, -0.2) is 13.1 Å². The van der Waals surface area contributed by atoms with Gasteiger partial charge in [0.15, 0.2) is 0 Å². The van der Waals surface area contributed by atoms with Gasteiger partial charge in [-0.05, 0) is 36.0 Å². The van der Waals surface area contributed by atoms with Gasteiger partial charge in [0.25, 0.3) is 0 Å². The zero-order valence-corrected chi connectivity index (χ0v) is 12.2. The van der Waals surface area contributed by atoms with E-state index in [1.807, 2.05) is 0 Å². The molecule has 0 aliphatic carbocycles. The number of piperidine rings is 1. The Morgan fingerprint density at radius 1 is 1.29 bits per heavy atom. The molecule has 0 bridgehead atoms. The van der Waals surface area contributed by atoms with Crippen LogP contribution in [0.5, 0.6) is 0 Å². The second-order valence-corrected chi connectivity index (χ2v) is 6.19. The van der Waals surface area contributed by atoms with Crippen molar-refractivity contribution in [2.24, 2.45) is 17.6 Å². The van der Waals surface area contributed by atoms with Crippen LogP contribution >= 0.6 is 15.9 Å². The van der Waals surface area contributed by atoms with Crippen molar-refractivity contribution in [3.05, 3.63) is 28.2 Å². The Kier molecular flexibility index (Phi) is 4.10. The van der Waals surface area contributed by atoms with E-state index in [9.17, 15) is 0 Å². The van der Waals surface area contributed by atoms with E-state index < -0.39 is 0 Å². The Hall–Kier alpha value is -0.540. The van der Waals surface area contributed by atoms with Gasteiger partial charge in [0.1, 0.15) is 0 Å². The standard InChI is InChI=1S/C14H21BrN2/c1-10-5-11(2)9-17(8-10)13-4-3-12(7-16)14(15)6-13/h3-4,6,10-11H,5,7-9,16H2,1-2H3. The topological polar surface area (TPSA) is 29.3 Å². The van der Waals surface area contributed by atoms with Crippen LogP contribution in [-0.2, 0) is 6.54 Å². The lowest BCUT2D eigenvalue weighted by molar-refractivity contribution is 0.357. The van der Waals surface area contributed by atoms with E-state index >= 15 is 0 Å². The Morgan fingerprint density at radius 3 is 2.47 bits per heavy atom. The van der Waals surface area contributed by atoms with Crippen molar-refractivity contribution in [1.29, 1.82) is 0 Å². The van der Waals surface area contributed by atoms with Gasteiger partial charge in [-0.2, -0.15) is 0 Å². The van der Waals surface area contributed by atoms with Crippen LogP contribution in [0.25, 0.3) is 0 Å². The molecule has 0 radical (unpaired) electrons. The fourth-order valence-corrected chi connectivity index (χ4v) is 3.30. The first kappa shape index (κ1) is 12.9. The number of nitrogens with two attached hydrogens (primary N) is 1. The van der Waals surface area contributed by atoms with E-state index in [1.54, 1.807) is 0 Å². The maximum absolute atomic E-state index is 5.68. The predicted molar refractivity (Wildman–Crippen MR) is 77.2 cm³/mol. The minimum atomic E-state index is 0.591. The minimum Gasteiger partial charge on any atom is -0.371 e. The summed E-state index contributed by atoms with van der Waals surface area (Å²) >= 11 is 3.60. The average Bonchev–Trinajstić information content (AvgIpc) is 2.27. The second kappa shape index (κ2) is 5.40. The van der Waals surface area contributed by atoms with Gasteiger partial charge in [-0.1, -0.05) is 35.8 Å². The maximum Gasteiger partial charge on any atom is 0.0377 e. The molecule has 1 fully saturated rings. The average molecular weight is 297 g/mol. The fourth-order valence-electron chi connectivity index (χ4n) is 2.77. The number of hydrogen-bond acceptors (Lipinski definition) is 2. The van der Waals surface area contributed by atoms with E-state index in [0.717, 1.165) is 16.3 Å². The van der Waals surface area contributed by atoms with Crippen molar-refractivity contribution in [3.63, 3.8) is 0 Å². The first-order valence-electron chi connectivity index (χ1n) is 6.33. The molecule has 2 unspecified atom stereocenters. The van der Waals surface area contributed by atoms with Crippen LogP contribution in [0.15, 0.2) is 22.7 Å². The highest BCUT2D eigenvalue weighted by Crippen LogP contribution is 2.29. The highest BCUT2D eigenvalue weighted by Gasteiger charge is 2.22. The Labute approximate surface area is 112 Å². The van der Waals surface area contributed by atoms with E-state index in [1.165, 1.54) is 30.8 Å². The quantitative estimate of drug-likeness (QED) is 0.906. The number of rotatable bonds is 2. The zero-order valence-electron chi connectivity index (χ0n) is 10.6. The lowest BCUT2D eigenvalue weighted by Gasteiger charge is -2.36. The van der Waals surface area contributed by atoms with Crippen LogP contribution in [0.1, 0.15) is 25.8 Å². The molecule has 94 valence electrons. The summed E-state index contributed by atoms with van der Waals surface area (Å²) in [4.78, 5) is 2.49. The molecule has 3 heteroatoms. The zero-order chi connectivity index (χ0) is 12.4. The first-order valence-corrected chi connectivity index (χ1v) is 7.13. The highest BCUT2D eigenvalue weighted by molar-refractivity contribution is 9.10. The summed E-state index contributed by atoms with van der Waals surface area (Å²) in [5.74, 6) is 1.57. The molecule has 0 spiro atoms. The Morgan fingerprint density at radius 2 is 1.94 bits per heavy atom. The molecule has 1 saturated heterocycles. The number of benzene rings is 1. The van der Waals surface area contributed by atoms with E-state index in [0.29, 0.717) is 6.54 Å². The van der Waals surface area contributed by atoms with Crippen LogP contribution in [0, 0.1) is 11.8 Å². The summed E-state index contributed by atoms with van der Waals surface area (Å²) in [6, 6.07) is 6.52. The molecule has 1 aromatic carbocycles. The summed E-state index contributed by atoms with van der Waals surface area (Å²) < 4.78 is 1.13. The molecule has 2 N–H and O–H groups in total. The molecular weight excluding hydrogens is 276 g/mol. The van der Waals surface area contributed by atoms with Crippen molar-refractivity contribution in [2.75, 3.05) is 18.0 Å². The van der Waals surface area contributed by atoms with Crippen LogP contribution < -0.4 is 10.6 Å². The molecule has 1 aliphatic rings. The van der Waals surface area contributed by atoms with E-state index in [4.69, 9.17) is 5.73 Å².